The molecule has 1 saturated heterocycles. The summed E-state index contributed by atoms with van der Waals surface area (Å²) in [4.78, 5) is 2.21. The van der Waals surface area contributed by atoms with Gasteiger partial charge < -0.3 is 5.32 Å². The maximum atomic E-state index is 12.2. The molecule has 0 aliphatic carbocycles. The zero-order chi connectivity index (χ0) is 13.6. The van der Waals surface area contributed by atoms with Gasteiger partial charge in [0.2, 0.25) is 0 Å². The Morgan fingerprint density at radius 3 is 2.67 bits per heavy atom. The fourth-order valence-corrected chi connectivity index (χ4v) is 2.54. The molecule has 0 bridgehead atoms. The predicted octanol–water partition coefficient (Wildman–Crippen LogP) is 3.18. The van der Waals surface area contributed by atoms with Crippen molar-refractivity contribution >= 4 is 0 Å². The van der Waals surface area contributed by atoms with Crippen molar-refractivity contribution in [3.05, 3.63) is 0 Å². The first-order valence-electron chi connectivity index (χ1n) is 6.96. The third-order valence-electron chi connectivity index (χ3n) is 3.62. The van der Waals surface area contributed by atoms with Crippen LogP contribution in [0.25, 0.3) is 0 Å². The summed E-state index contributed by atoms with van der Waals surface area (Å²) < 4.78 is 36.5. The van der Waals surface area contributed by atoms with Crippen LogP contribution in [0.15, 0.2) is 0 Å². The lowest BCUT2D eigenvalue weighted by molar-refractivity contribution is -0.136. The predicted molar refractivity (Wildman–Crippen MR) is 67.6 cm³/mol. The highest BCUT2D eigenvalue weighted by molar-refractivity contribution is 4.80. The Kier molecular flexibility index (Phi) is 6.43. The third-order valence-corrected chi connectivity index (χ3v) is 3.62. The Hall–Kier alpha value is -0.290. The minimum atomic E-state index is -4.02. The minimum Gasteiger partial charge on any atom is -0.313 e. The monoisotopic (exact) mass is 266 g/mol. The molecular formula is C13H25F3N2. The SMILES string of the molecule is CCCC1CN(CCCC(F)(F)F)C(C)CCN1. The highest BCUT2D eigenvalue weighted by Gasteiger charge is 2.28. The highest BCUT2D eigenvalue weighted by Crippen LogP contribution is 2.22. The van der Waals surface area contributed by atoms with Gasteiger partial charge >= 0.3 is 6.18 Å². The molecule has 108 valence electrons. The van der Waals surface area contributed by atoms with Crippen LogP contribution in [0.2, 0.25) is 0 Å². The smallest absolute Gasteiger partial charge is 0.313 e. The summed E-state index contributed by atoms with van der Waals surface area (Å²) >= 11 is 0. The van der Waals surface area contributed by atoms with Gasteiger partial charge in [0.1, 0.15) is 0 Å². The van der Waals surface area contributed by atoms with Crippen molar-refractivity contribution in [1.29, 1.82) is 0 Å². The van der Waals surface area contributed by atoms with Crippen LogP contribution in [-0.4, -0.2) is 42.8 Å². The van der Waals surface area contributed by atoms with Gasteiger partial charge in [-0.25, -0.2) is 0 Å². The molecule has 1 fully saturated rings. The van der Waals surface area contributed by atoms with Gasteiger partial charge in [0.25, 0.3) is 0 Å². The summed E-state index contributed by atoms with van der Waals surface area (Å²) in [6, 6.07) is 0.818. The van der Waals surface area contributed by atoms with Crippen molar-refractivity contribution in [1.82, 2.24) is 10.2 Å². The van der Waals surface area contributed by atoms with Crippen LogP contribution in [-0.2, 0) is 0 Å². The van der Waals surface area contributed by atoms with Crippen LogP contribution in [0.3, 0.4) is 0 Å². The average molecular weight is 266 g/mol. The lowest BCUT2D eigenvalue weighted by atomic mass is 10.1. The van der Waals surface area contributed by atoms with Crippen molar-refractivity contribution in [2.45, 2.75) is 64.2 Å². The van der Waals surface area contributed by atoms with E-state index in [0.29, 0.717) is 18.6 Å². The van der Waals surface area contributed by atoms with Crippen molar-refractivity contribution in [3.63, 3.8) is 0 Å². The molecule has 0 saturated carbocycles. The molecule has 0 amide bonds. The average Bonchev–Trinajstić information content (AvgIpc) is 2.41. The summed E-state index contributed by atoms with van der Waals surface area (Å²) in [6.07, 6.45) is -1.23. The van der Waals surface area contributed by atoms with Crippen LogP contribution in [0.4, 0.5) is 13.2 Å². The minimum absolute atomic E-state index is 0.215. The van der Waals surface area contributed by atoms with E-state index in [1.807, 2.05) is 0 Å². The number of nitrogens with zero attached hydrogens (tertiary/aromatic N) is 1. The first kappa shape index (κ1) is 15.8. The second kappa shape index (κ2) is 7.34. The van der Waals surface area contributed by atoms with Crippen molar-refractivity contribution < 1.29 is 13.2 Å². The topological polar surface area (TPSA) is 15.3 Å². The van der Waals surface area contributed by atoms with Gasteiger partial charge in [-0.15, -0.1) is 0 Å². The van der Waals surface area contributed by atoms with E-state index in [4.69, 9.17) is 0 Å². The molecule has 2 unspecified atom stereocenters. The van der Waals surface area contributed by atoms with E-state index in [1.54, 1.807) is 0 Å². The van der Waals surface area contributed by atoms with Gasteiger partial charge in [-0.05, 0) is 39.3 Å². The van der Waals surface area contributed by atoms with Gasteiger partial charge in [0, 0.05) is 25.0 Å². The molecule has 1 rings (SSSR count). The maximum Gasteiger partial charge on any atom is 0.389 e. The number of nitrogens with one attached hydrogen (secondary N) is 1. The largest absolute Gasteiger partial charge is 0.389 e. The highest BCUT2D eigenvalue weighted by atomic mass is 19.4. The Bertz CT molecular complexity index is 231. The molecule has 0 spiro atoms. The van der Waals surface area contributed by atoms with Gasteiger partial charge in [-0.3, -0.25) is 4.90 Å². The first-order valence-corrected chi connectivity index (χ1v) is 6.96. The Balaban J connectivity index is 2.39. The van der Waals surface area contributed by atoms with Gasteiger partial charge in [0.05, 0.1) is 0 Å². The summed E-state index contributed by atoms with van der Waals surface area (Å²) in [6.45, 7) is 6.67. The molecule has 1 heterocycles. The molecule has 2 atom stereocenters. The van der Waals surface area contributed by atoms with Crippen molar-refractivity contribution in [2.75, 3.05) is 19.6 Å². The van der Waals surface area contributed by atoms with E-state index in [1.165, 1.54) is 0 Å². The molecular weight excluding hydrogens is 241 g/mol. The summed E-state index contributed by atoms with van der Waals surface area (Å²) in [5.41, 5.74) is 0. The van der Waals surface area contributed by atoms with Crippen molar-refractivity contribution in [2.24, 2.45) is 0 Å². The lowest BCUT2D eigenvalue weighted by Gasteiger charge is -2.29. The number of alkyl halides is 3. The zero-order valence-electron chi connectivity index (χ0n) is 11.4. The van der Waals surface area contributed by atoms with Gasteiger partial charge in [-0.1, -0.05) is 13.3 Å². The molecule has 2 nitrogen and oxygen atoms in total. The Labute approximate surface area is 108 Å². The van der Waals surface area contributed by atoms with Crippen LogP contribution < -0.4 is 5.32 Å². The maximum absolute atomic E-state index is 12.2. The van der Waals surface area contributed by atoms with Gasteiger partial charge in [-0.2, -0.15) is 13.2 Å². The second-order valence-corrected chi connectivity index (χ2v) is 5.29. The normalized spacial score (nSPS) is 27.2. The van der Waals surface area contributed by atoms with E-state index in [0.717, 1.165) is 32.4 Å². The third kappa shape index (κ3) is 6.05. The van der Waals surface area contributed by atoms with E-state index in [-0.39, 0.29) is 6.42 Å². The molecule has 1 N–H and O–H groups in total. The summed E-state index contributed by atoms with van der Waals surface area (Å²) in [5, 5.41) is 3.49. The molecule has 5 heteroatoms. The number of halogens is 3. The second-order valence-electron chi connectivity index (χ2n) is 5.29. The van der Waals surface area contributed by atoms with Crippen LogP contribution in [0.1, 0.15) is 46.0 Å². The van der Waals surface area contributed by atoms with E-state index in [9.17, 15) is 13.2 Å². The number of rotatable bonds is 5. The van der Waals surface area contributed by atoms with E-state index < -0.39 is 12.6 Å². The molecule has 0 aromatic heterocycles. The van der Waals surface area contributed by atoms with Crippen LogP contribution in [0.5, 0.6) is 0 Å². The molecule has 0 radical (unpaired) electrons. The number of hydrogen-bond acceptors (Lipinski definition) is 2. The fourth-order valence-electron chi connectivity index (χ4n) is 2.54. The first-order chi connectivity index (χ1) is 8.42. The zero-order valence-corrected chi connectivity index (χ0v) is 11.4. The molecule has 1 aliphatic heterocycles. The van der Waals surface area contributed by atoms with Crippen LogP contribution >= 0.6 is 0 Å². The molecule has 0 aromatic carbocycles. The van der Waals surface area contributed by atoms with Gasteiger partial charge in [0.15, 0.2) is 0 Å². The van der Waals surface area contributed by atoms with Crippen molar-refractivity contribution in [3.8, 4) is 0 Å². The molecule has 1 aliphatic rings. The Morgan fingerprint density at radius 1 is 1.33 bits per heavy atom. The molecule has 0 aromatic rings. The Morgan fingerprint density at radius 2 is 2.06 bits per heavy atom. The molecule has 18 heavy (non-hydrogen) atoms. The lowest BCUT2D eigenvalue weighted by Crippen LogP contribution is -2.40. The summed E-state index contributed by atoms with van der Waals surface area (Å²) in [5.74, 6) is 0. The summed E-state index contributed by atoms with van der Waals surface area (Å²) in [7, 11) is 0. The number of hydrogen-bond donors (Lipinski definition) is 1. The van der Waals surface area contributed by atoms with Crippen LogP contribution in [0, 0.1) is 0 Å². The van der Waals surface area contributed by atoms with E-state index in [2.05, 4.69) is 24.1 Å². The fraction of sp³-hybridized carbons (Fsp3) is 1.00. The standard InChI is InChI=1S/C13H25F3N2/c1-3-5-12-10-18(11(2)6-8-17-12)9-4-7-13(14,15)16/h11-12,17H,3-10H2,1-2H3. The van der Waals surface area contributed by atoms with E-state index >= 15 is 0 Å². The quantitative estimate of drug-likeness (QED) is 0.822.